The van der Waals surface area contributed by atoms with Crippen molar-refractivity contribution in [3.63, 3.8) is 0 Å². The smallest absolute Gasteiger partial charge is 0.255 e. The van der Waals surface area contributed by atoms with Gasteiger partial charge in [0.15, 0.2) is 0 Å². The number of carbonyl (C=O) groups is 1. The molecule has 1 saturated heterocycles. The lowest BCUT2D eigenvalue weighted by molar-refractivity contribution is 0.0655. The van der Waals surface area contributed by atoms with E-state index in [1.54, 1.807) is 11.3 Å². The van der Waals surface area contributed by atoms with E-state index < -0.39 is 0 Å². The van der Waals surface area contributed by atoms with Crippen LogP contribution in [0.2, 0.25) is 0 Å². The van der Waals surface area contributed by atoms with Crippen molar-refractivity contribution in [3.8, 4) is 0 Å². The molecule has 1 N–H and O–H groups in total. The monoisotopic (exact) mass is 260 g/mol. The van der Waals surface area contributed by atoms with E-state index in [1.807, 2.05) is 22.6 Å². The number of piperazine rings is 1. The van der Waals surface area contributed by atoms with Crippen LogP contribution >= 0.6 is 23.7 Å². The molecular weight excluding hydrogens is 244 g/mol. The predicted octanol–water partition coefficient (Wildman–Crippen LogP) is 1.91. The molecule has 1 amide bonds. The largest absolute Gasteiger partial charge is 0.333 e. The quantitative estimate of drug-likeness (QED) is 0.837. The molecule has 0 unspecified atom stereocenters. The number of halogens is 1. The van der Waals surface area contributed by atoms with Gasteiger partial charge in [-0.3, -0.25) is 4.79 Å². The van der Waals surface area contributed by atoms with Crippen LogP contribution in [0.4, 0.5) is 0 Å². The summed E-state index contributed by atoms with van der Waals surface area (Å²) in [6, 6.07) is 0.297. The zero-order valence-electron chi connectivity index (χ0n) is 9.53. The second kappa shape index (κ2) is 5.66. The zero-order valence-corrected chi connectivity index (χ0v) is 11.2. The Morgan fingerprint density at radius 2 is 2.31 bits per heavy atom. The molecule has 1 fully saturated rings. The van der Waals surface area contributed by atoms with Crippen LogP contribution in [0.3, 0.4) is 0 Å². The van der Waals surface area contributed by atoms with E-state index in [4.69, 9.17) is 0 Å². The average molecular weight is 261 g/mol. The molecule has 16 heavy (non-hydrogen) atoms. The molecule has 0 aromatic carbocycles. The number of thiophene rings is 1. The van der Waals surface area contributed by atoms with Gasteiger partial charge in [-0.25, -0.2) is 0 Å². The fourth-order valence-corrected chi connectivity index (χ4v) is 2.70. The van der Waals surface area contributed by atoms with Crippen molar-refractivity contribution in [2.24, 2.45) is 0 Å². The Labute approximate surface area is 106 Å². The minimum atomic E-state index is 0. The van der Waals surface area contributed by atoms with Crippen LogP contribution in [0, 0.1) is 6.92 Å². The maximum absolute atomic E-state index is 12.2. The highest BCUT2D eigenvalue weighted by Gasteiger charge is 2.25. The normalized spacial score (nSPS) is 20.4. The van der Waals surface area contributed by atoms with Gasteiger partial charge in [-0.2, -0.15) is 11.3 Å². The molecule has 3 nitrogen and oxygen atoms in total. The van der Waals surface area contributed by atoms with E-state index in [0.29, 0.717) is 6.04 Å². The number of amides is 1. The highest BCUT2D eigenvalue weighted by atomic mass is 35.5. The van der Waals surface area contributed by atoms with E-state index in [9.17, 15) is 4.79 Å². The molecule has 90 valence electrons. The first-order valence-electron chi connectivity index (χ1n) is 5.24. The summed E-state index contributed by atoms with van der Waals surface area (Å²) >= 11 is 1.60. The van der Waals surface area contributed by atoms with E-state index in [-0.39, 0.29) is 18.3 Å². The van der Waals surface area contributed by atoms with Gasteiger partial charge in [-0.05, 0) is 24.8 Å². The topological polar surface area (TPSA) is 32.3 Å². The highest BCUT2D eigenvalue weighted by molar-refractivity contribution is 7.08. The van der Waals surface area contributed by atoms with Crippen molar-refractivity contribution in [3.05, 3.63) is 21.9 Å². The van der Waals surface area contributed by atoms with Gasteiger partial charge in [0, 0.05) is 31.1 Å². The van der Waals surface area contributed by atoms with Crippen LogP contribution in [0.25, 0.3) is 0 Å². The number of nitrogens with one attached hydrogen (secondary N) is 1. The number of carbonyl (C=O) groups excluding carboxylic acids is 1. The second-order valence-electron chi connectivity index (χ2n) is 4.02. The van der Waals surface area contributed by atoms with Gasteiger partial charge in [-0.15, -0.1) is 12.4 Å². The summed E-state index contributed by atoms with van der Waals surface area (Å²) in [7, 11) is 0. The highest BCUT2D eigenvalue weighted by Crippen LogP contribution is 2.17. The van der Waals surface area contributed by atoms with E-state index in [0.717, 1.165) is 30.8 Å². The van der Waals surface area contributed by atoms with Gasteiger partial charge in [0.25, 0.3) is 5.91 Å². The molecule has 0 radical (unpaired) electrons. The molecule has 2 rings (SSSR count). The molecule has 1 aromatic rings. The predicted molar refractivity (Wildman–Crippen MR) is 69.7 cm³/mol. The molecule has 1 aliphatic rings. The van der Waals surface area contributed by atoms with Gasteiger partial charge in [-0.1, -0.05) is 0 Å². The van der Waals surface area contributed by atoms with Crippen LogP contribution in [0.1, 0.15) is 22.8 Å². The summed E-state index contributed by atoms with van der Waals surface area (Å²) in [5, 5.41) is 7.27. The Hall–Kier alpha value is -0.580. The minimum absolute atomic E-state index is 0. The summed E-state index contributed by atoms with van der Waals surface area (Å²) in [6.07, 6.45) is 0. The second-order valence-corrected chi connectivity index (χ2v) is 4.76. The summed E-state index contributed by atoms with van der Waals surface area (Å²) in [4.78, 5) is 14.2. The van der Waals surface area contributed by atoms with E-state index in [2.05, 4.69) is 12.2 Å². The first-order chi connectivity index (χ1) is 7.20. The van der Waals surface area contributed by atoms with Crippen molar-refractivity contribution in [1.29, 1.82) is 0 Å². The standard InChI is InChI=1S/C11H16N2OS.ClH/c1-8-6-15-7-10(8)11(14)13-4-3-12-5-9(13)2;/h6-7,9,12H,3-5H2,1-2H3;1H/t9-;/m0./s1. The van der Waals surface area contributed by atoms with Crippen molar-refractivity contribution in [1.82, 2.24) is 10.2 Å². The van der Waals surface area contributed by atoms with Crippen LogP contribution in [-0.2, 0) is 0 Å². The molecule has 2 heterocycles. The van der Waals surface area contributed by atoms with E-state index >= 15 is 0 Å². The number of aryl methyl sites for hydroxylation is 1. The lowest BCUT2D eigenvalue weighted by atomic mass is 10.1. The molecule has 1 atom stereocenters. The van der Waals surface area contributed by atoms with Crippen LogP contribution in [0.15, 0.2) is 10.8 Å². The molecule has 0 aliphatic carbocycles. The maximum atomic E-state index is 12.2. The Bertz CT molecular complexity index is 367. The summed E-state index contributed by atoms with van der Waals surface area (Å²) in [6.45, 7) is 6.70. The third-order valence-electron chi connectivity index (χ3n) is 2.85. The minimum Gasteiger partial charge on any atom is -0.333 e. The van der Waals surface area contributed by atoms with Gasteiger partial charge < -0.3 is 10.2 Å². The van der Waals surface area contributed by atoms with Crippen molar-refractivity contribution >= 4 is 29.7 Å². The number of hydrogen-bond acceptors (Lipinski definition) is 3. The first-order valence-corrected chi connectivity index (χ1v) is 6.19. The van der Waals surface area contributed by atoms with Crippen molar-refractivity contribution in [2.45, 2.75) is 19.9 Å². The fraction of sp³-hybridized carbons (Fsp3) is 0.545. The Morgan fingerprint density at radius 3 is 2.88 bits per heavy atom. The van der Waals surface area contributed by atoms with Crippen LogP contribution in [-0.4, -0.2) is 36.5 Å². The summed E-state index contributed by atoms with van der Waals surface area (Å²) in [5.74, 6) is 0.183. The number of rotatable bonds is 1. The molecular formula is C11H17ClN2OS. The lowest BCUT2D eigenvalue weighted by Gasteiger charge is -2.34. The van der Waals surface area contributed by atoms with Crippen molar-refractivity contribution < 1.29 is 4.79 Å². The molecule has 0 spiro atoms. The number of nitrogens with zero attached hydrogens (tertiary/aromatic N) is 1. The summed E-state index contributed by atoms with van der Waals surface area (Å²) in [5.41, 5.74) is 1.96. The van der Waals surface area contributed by atoms with Gasteiger partial charge in [0.05, 0.1) is 5.56 Å². The van der Waals surface area contributed by atoms with Gasteiger partial charge in [0.1, 0.15) is 0 Å². The van der Waals surface area contributed by atoms with Crippen LogP contribution in [0.5, 0.6) is 0 Å². The van der Waals surface area contributed by atoms with Gasteiger partial charge >= 0.3 is 0 Å². The lowest BCUT2D eigenvalue weighted by Crippen LogP contribution is -2.52. The first kappa shape index (κ1) is 13.5. The fourth-order valence-electron chi connectivity index (χ4n) is 1.88. The summed E-state index contributed by atoms with van der Waals surface area (Å²) < 4.78 is 0. The zero-order chi connectivity index (χ0) is 10.8. The van der Waals surface area contributed by atoms with Crippen LogP contribution < -0.4 is 5.32 Å². The Balaban J connectivity index is 0.00000128. The number of hydrogen-bond donors (Lipinski definition) is 1. The van der Waals surface area contributed by atoms with Gasteiger partial charge in [0.2, 0.25) is 0 Å². The molecule has 1 aromatic heterocycles. The third kappa shape index (κ3) is 2.56. The molecule has 0 saturated carbocycles. The average Bonchev–Trinajstić information content (AvgIpc) is 2.64. The SMILES string of the molecule is Cc1cscc1C(=O)N1CCNC[C@@H]1C.Cl. The Kier molecular flexibility index (Phi) is 4.77. The van der Waals surface area contributed by atoms with E-state index in [1.165, 1.54) is 0 Å². The van der Waals surface area contributed by atoms with Crippen molar-refractivity contribution in [2.75, 3.05) is 19.6 Å². The third-order valence-corrected chi connectivity index (χ3v) is 3.71. The Morgan fingerprint density at radius 1 is 1.56 bits per heavy atom. The molecule has 1 aliphatic heterocycles. The molecule has 5 heteroatoms. The maximum Gasteiger partial charge on any atom is 0.255 e. The molecule has 0 bridgehead atoms.